The maximum absolute atomic E-state index is 11.5. The monoisotopic (exact) mass is 511 g/mol. The highest BCUT2D eigenvalue weighted by Gasteiger charge is 2.22. The second-order valence-electron chi connectivity index (χ2n) is 8.11. The molecule has 2 aromatic heterocycles. The fourth-order valence-corrected chi connectivity index (χ4v) is 4.35. The Hall–Kier alpha value is -2.19. The first-order valence-electron chi connectivity index (χ1n) is 10.3. The largest absolute Gasteiger partial charge is 0.477 e. The third kappa shape index (κ3) is 6.67. The molecule has 3 aromatic rings. The van der Waals surface area contributed by atoms with Crippen LogP contribution in [0.1, 0.15) is 56.6 Å². The molecule has 3 rings (SSSR count). The van der Waals surface area contributed by atoms with Crippen molar-refractivity contribution in [1.82, 2.24) is 9.97 Å². The molecule has 0 saturated heterocycles. The lowest BCUT2D eigenvalue weighted by Gasteiger charge is -2.21. The highest BCUT2D eigenvalue weighted by molar-refractivity contribution is 7.13. The van der Waals surface area contributed by atoms with Crippen LogP contribution in [0.15, 0.2) is 24.3 Å². The summed E-state index contributed by atoms with van der Waals surface area (Å²) < 4.78 is 5.93. The van der Waals surface area contributed by atoms with Gasteiger partial charge in [-0.15, -0.1) is 36.2 Å². The van der Waals surface area contributed by atoms with E-state index in [9.17, 15) is 9.90 Å². The van der Waals surface area contributed by atoms with Crippen molar-refractivity contribution in [3.63, 3.8) is 0 Å². The first kappa shape index (κ1) is 28.8. The van der Waals surface area contributed by atoms with E-state index in [2.05, 4.69) is 50.0 Å². The molecule has 33 heavy (non-hydrogen) atoms. The van der Waals surface area contributed by atoms with Crippen molar-refractivity contribution in [3.8, 4) is 17.0 Å². The molecular formula is C24H31Cl2N3O3S. The number of rotatable bonds is 8. The number of carboxylic acid groups (broad SMARTS) is 1. The Morgan fingerprint density at radius 1 is 1.09 bits per heavy atom. The molecule has 9 heteroatoms. The van der Waals surface area contributed by atoms with Crippen LogP contribution in [0.2, 0.25) is 0 Å². The molecule has 3 N–H and O–H groups in total. The Bertz CT molecular complexity index is 1100. The summed E-state index contributed by atoms with van der Waals surface area (Å²) in [6.07, 6.45) is 0.835. The van der Waals surface area contributed by atoms with Gasteiger partial charge in [0.05, 0.1) is 5.01 Å². The van der Waals surface area contributed by atoms with Crippen LogP contribution in [-0.4, -0.2) is 21.0 Å². The van der Waals surface area contributed by atoms with Crippen LogP contribution in [-0.2, 0) is 19.6 Å². The number of aryl methyl sites for hydroxylation is 3. The Balaban J connectivity index is 0.00000272. The number of hydrogen-bond donors (Lipinski definition) is 2. The number of aromatic nitrogens is 2. The standard InChI is InChI=1S/C24H29N3O3S.2ClH/c1-13(2)10-20-18(11-25)21(17-8-6-14(3)7-9-17)19(15(4)26-20)12-30-23-22(24(28)29)31-16(5)27-23;;/h6-9,13H,10-12,25H2,1-5H3,(H,28,29);2*1H. The van der Waals surface area contributed by atoms with Crippen molar-refractivity contribution in [2.45, 2.75) is 54.2 Å². The van der Waals surface area contributed by atoms with Gasteiger partial charge in [-0.1, -0.05) is 43.7 Å². The summed E-state index contributed by atoms with van der Waals surface area (Å²) in [4.78, 5) is 20.8. The molecule has 0 aliphatic heterocycles. The zero-order chi connectivity index (χ0) is 22.7. The van der Waals surface area contributed by atoms with Crippen molar-refractivity contribution in [3.05, 3.63) is 62.2 Å². The zero-order valence-corrected chi connectivity index (χ0v) is 21.9. The molecule has 0 bridgehead atoms. The highest BCUT2D eigenvalue weighted by Crippen LogP contribution is 2.34. The SMILES string of the molecule is Cc1ccc(-c2c(COc3nc(C)sc3C(=O)O)c(C)nc(CC(C)C)c2CN)cc1.Cl.Cl. The third-order valence-corrected chi connectivity index (χ3v) is 6.03. The smallest absolute Gasteiger partial charge is 0.351 e. The van der Waals surface area contributed by atoms with E-state index in [1.54, 1.807) is 6.92 Å². The average molecular weight is 513 g/mol. The van der Waals surface area contributed by atoms with Gasteiger partial charge in [0.2, 0.25) is 5.88 Å². The number of nitrogens with two attached hydrogens (primary N) is 1. The van der Waals surface area contributed by atoms with Crippen molar-refractivity contribution in [1.29, 1.82) is 0 Å². The molecule has 0 amide bonds. The van der Waals surface area contributed by atoms with Crippen LogP contribution in [0.5, 0.6) is 5.88 Å². The highest BCUT2D eigenvalue weighted by atomic mass is 35.5. The van der Waals surface area contributed by atoms with Crippen LogP contribution in [0.3, 0.4) is 0 Å². The van der Waals surface area contributed by atoms with Crippen LogP contribution in [0, 0.1) is 26.7 Å². The van der Waals surface area contributed by atoms with Crippen LogP contribution in [0.4, 0.5) is 0 Å². The summed E-state index contributed by atoms with van der Waals surface area (Å²) in [7, 11) is 0. The number of halogens is 2. The van der Waals surface area contributed by atoms with Gasteiger partial charge >= 0.3 is 5.97 Å². The molecule has 0 fully saturated rings. The molecule has 0 radical (unpaired) electrons. The lowest BCUT2D eigenvalue weighted by Crippen LogP contribution is -2.14. The van der Waals surface area contributed by atoms with Gasteiger partial charge in [0, 0.05) is 23.5 Å². The van der Waals surface area contributed by atoms with Gasteiger partial charge in [-0.2, -0.15) is 0 Å². The molecule has 0 atom stereocenters. The number of hydrogen-bond acceptors (Lipinski definition) is 6. The van der Waals surface area contributed by atoms with Crippen molar-refractivity contribution in [2.24, 2.45) is 11.7 Å². The summed E-state index contributed by atoms with van der Waals surface area (Å²) in [5, 5.41) is 10.1. The van der Waals surface area contributed by atoms with E-state index < -0.39 is 5.97 Å². The summed E-state index contributed by atoms with van der Waals surface area (Å²) in [6, 6.07) is 8.32. The Labute approximate surface area is 211 Å². The summed E-state index contributed by atoms with van der Waals surface area (Å²) in [5.41, 5.74) is 13.2. The molecule has 180 valence electrons. The molecule has 0 spiro atoms. The normalized spacial score (nSPS) is 10.5. The molecule has 0 aliphatic carbocycles. The fraction of sp³-hybridized carbons (Fsp3) is 0.375. The van der Waals surface area contributed by atoms with E-state index in [0.29, 0.717) is 17.5 Å². The van der Waals surface area contributed by atoms with Crippen LogP contribution >= 0.6 is 36.2 Å². The second-order valence-corrected chi connectivity index (χ2v) is 9.31. The molecular weight excluding hydrogens is 481 g/mol. The number of nitrogens with zero attached hydrogens (tertiary/aromatic N) is 2. The second kappa shape index (κ2) is 12.3. The lowest BCUT2D eigenvalue weighted by molar-refractivity contribution is 0.0697. The summed E-state index contributed by atoms with van der Waals surface area (Å²) >= 11 is 1.11. The maximum Gasteiger partial charge on any atom is 0.351 e. The molecule has 0 unspecified atom stereocenters. The van der Waals surface area contributed by atoms with Gasteiger partial charge in [-0.25, -0.2) is 9.78 Å². The van der Waals surface area contributed by atoms with Crippen molar-refractivity contribution < 1.29 is 14.6 Å². The fourth-order valence-electron chi connectivity index (χ4n) is 3.65. The number of aromatic carboxylic acids is 1. The number of carboxylic acids is 1. The summed E-state index contributed by atoms with van der Waals surface area (Å²) in [5.74, 6) is -0.449. The van der Waals surface area contributed by atoms with Gasteiger partial charge in [0.1, 0.15) is 6.61 Å². The molecule has 0 aliphatic rings. The van der Waals surface area contributed by atoms with E-state index >= 15 is 0 Å². The number of carbonyl (C=O) groups is 1. The number of thiazole rings is 1. The molecule has 0 saturated carbocycles. The molecule has 1 aromatic carbocycles. The van der Waals surface area contributed by atoms with Gasteiger partial charge in [-0.05, 0) is 49.8 Å². The Kier molecular flexibility index (Phi) is 10.8. The van der Waals surface area contributed by atoms with E-state index in [4.69, 9.17) is 15.5 Å². The van der Waals surface area contributed by atoms with Crippen molar-refractivity contribution in [2.75, 3.05) is 0 Å². The number of ether oxygens (including phenoxy) is 1. The van der Waals surface area contributed by atoms with Gasteiger partial charge in [0.25, 0.3) is 0 Å². The average Bonchev–Trinajstić information content (AvgIpc) is 3.08. The van der Waals surface area contributed by atoms with Crippen LogP contribution < -0.4 is 10.5 Å². The Morgan fingerprint density at radius 3 is 2.27 bits per heavy atom. The Morgan fingerprint density at radius 2 is 1.73 bits per heavy atom. The maximum atomic E-state index is 11.5. The predicted octanol–water partition coefficient (Wildman–Crippen LogP) is 5.91. The topological polar surface area (TPSA) is 98.3 Å². The third-order valence-electron chi connectivity index (χ3n) is 5.09. The number of pyridine rings is 1. The summed E-state index contributed by atoms with van der Waals surface area (Å²) in [6.45, 7) is 10.6. The van der Waals surface area contributed by atoms with Gasteiger partial charge in [-0.3, -0.25) is 4.98 Å². The van der Waals surface area contributed by atoms with Crippen molar-refractivity contribution >= 4 is 42.1 Å². The predicted molar refractivity (Wildman–Crippen MR) is 138 cm³/mol. The lowest BCUT2D eigenvalue weighted by atomic mass is 9.90. The number of benzene rings is 1. The minimum absolute atomic E-state index is 0. The quantitative estimate of drug-likeness (QED) is 0.390. The molecule has 2 heterocycles. The van der Waals surface area contributed by atoms with Gasteiger partial charge < -0.3 is 15.6 Å². The van der Waals surface area contributed by atoms with E-state index in [-0.39, 0.29) is 42.2 Å². The molecule has 6 nitrogen and oxygen atoms in total. The minimum Gasteiger partial charge on any atom is -0.477 e. The minimum atomic E-state index is -1.04. The zero-order valence-electron chi connectivity index (χ0n) is 19.5. The van der Waals surface area contributed by atoms with E-state index in [1.807, 2.05) is 6.92 Å². The van der Waals surface area contributed by atoms with E-state index in [1.165, 1.54) is 5.56 Å². The first-order chi connectivity index (χ1) is 14.7. The van der Waals surface area contributed by atoms with E-state index in [0.717, 1.165) is 51.4 Å². The van der Waals surface area contributed by atoms with Crippen LogP contribution in [0.25, 0.3) is 11.1 Å². The first-order valence-corrected chi connectivity index (χ1v) is 11.1. The van der Waals surface area contributed by atoms with Gasteiger partial charge in [0.15, 0.2) is 4.88 Å².